The first kappa shape index (κ1) is 22.8. The van der Waals surface area contributed by atoms with Crippen LogP contribution in [0, 0.1) is 25.2 Å². The first-order valence-corrected chi connectivity index (χ1v) is 11.1. The topological polar surface area (TPSA) is 62.1 Å². The van der Waals surface area contributed by atoms with Gasteiger partial charge in [0, 0.05) is 5.69 Å². The van der Waals surface area contributed by atoms with Crippen molar-refractivity contribution in [2.45, 2.75) is 20.5 Å². The molecule has 0 aromatic heterocycles. The van der Waals surface area contributed by atoms with Gasteiger partial charge in [0.1, 0.15) is 24.0 Å². The van der Waals surface area contributed by atoms with Gasteiger partial charge in [-0.2, -0.15) is 5.26 Å². The highest BCUT2D eigenvalue weighted by molar-refractivity contribution is 9.11. The number of nitrogens with one attached hydrogen (secondary N) is 1. The summed E-state index contributed by atoms with van der Waals surface area (Å²) >= 11 is 7.05. The normalized spacial score (nSPS) is 11.0. The predicted octanol–water partition coefficient (Wildman–Crippen LogP) is 6.95. The smallest absolute Gasteiger partial charge is 0.266 e. The number of halogens is 2. The van der Waals surface area contributed by atoms with Crippen molar-refractivity contribution in [2.75, 3.05) is 5.32 Å². The molecule has 0 aliphatic rings. The number of carbonyl (C=O) groups is 1. The highest BCUT2D eigenvalue weighted by Crippen LogP contribution is 2.36. The number of aryl methyl sites for hydroxylation is 2. The van der Waals surface area contributed by atoms with Crippen LogP contribution < -0.4 is 10.1 Å². The van der Waals surface area contributed by atoms with Crippen LogP contribution in [0.4, 0.5) is 5.69 Å². The number of hydrogen-bond donors (Lipinski definition) is 1. The zero-order chi connectivity index (χ0) is 22.4. The van der Waals surface area contributed by atoms with Crippen molar-refractivity contribution < 1.29 is 9.53 Å². The number of nitrogens with zero attached hydrogens (tertiary/aromatic N) is 1. The van der Waals surface area contributed by atoms with Crippen LogP contribution >= 0.6 is 31.9 Å². The van der Waals surface area contributed by atoms with Crippen LogP contribution in [-0.2, 0) is 11.4 Å². The zero-order valence-corrected chi connectivity index (χ0v) is 20.2. The molecule has 0 aliphatic carbocycles. The fourth-order valence-electron chi connectivity index (χ4n) is 2.79. The molecule has 3 rings (SSSR count). The third-order valence-electron chi connectivity index (χ3n) is 4.51. The third-order valence-corrected chi connectivity index (χ3v) is 5.69. The summed E-state index contributed by atoms with van der Waals surface area (Å²) in [4.78, 5) is 12.5. The summed E-state index contributed by atoms with van der Waals surface area (Å²) in [6.45, 7) is 4.44. The molecular weight excluding hydrogens is 520 g/mol. The van der Waals surface area contributed by atoms with E-state index in [1.54, 1.807) is 18.2 Å². The Morgan fingerprint density at radius 2 is 1.55 bits per heavy atom. The van der Waals surface area contributed by atoms with Crippen LogP contribution in [-0.4, -0.2) is 5.91 Å². The van der Waals surface area contributed by atoms with Crippen LogP contribution in [0.15, 0.2) is 75.2 Å². The molecule has 0 saturated heterocycles. The Morgan fingerprint density at radius 3 is 2.10 bits per heavy atom. The standard InChI is InChI=1S/C25H20Br2N2O2/c1-16-3-7-18(8-4-16)15-31-24-22(26)12-19(13-23(24)27)11-20(14-28)25(30)29-21-9-5-17(2)6-10-21/h3-13H,15H2,1-2H3,(H,29,30)/b20-11+. The van der Waals surface area contributed by atoms with Crippen molar-refractivity contribution in [1.82, 2.24) is 0 Å². The fraction of sp³-hybridized carbons (Fsp3) is 0.120. The number of carbonyl (C=O) groups excluding carboxylic acids is 1. The summed E-state index contributed by atoms with van der Waals surface area (Å²) in [6.07, 6.45) is 1.54. The largest absolute Gasteiger partial charge is 0.487 e. The Labute approximate surface area is 198 Å². The molecule has 1 amide bonds. The second kappa shape index (κ2) is 10.4. The van der Waals surface area contributed by atoms with Crippen LogP contribution in [0.25, 0.3) is 6.08 Å². The van der Waals surface area contributed by atoms with Gasteiger partial charge in [-0.05, 0) is 87.2 Å². The molecule has 4 nitrogen and oxygen atoms in total. The fourth-order valence-corrected chi connectivity index (χ4v) is 4.24. The van der Waals surface area contributed by atoms with E-state index in [1.807, 2.05) is 68.4 Å². The second-order valence-electron chi connectivity index (χ2n) is 7.08. The molecule has 0 radical (unpaired) electrons. The lowest BCUT2D eigenvalue weighted by atomic mass is 10.1. The van der Waals surface area contributed by atoms with Gasteiger partial charge in [-0.15, -0.1) is 0 Å². The molecule has 0 heterocycles. The average molecular weight is 540 g/mol. The molecule has 0 fully saturated rings. The van der Waals surface area contributed by atoms with E-state index in [2.05, 4.69) is 37.2 Å². The van der Waals surface area contributed by atoms with Gasteiger partial charge in [-0.25, -0.2) is 0 Å². The minimum Gasteiger partial charge on any atom is -0.487 e. The van der Waals surface area contributed by atoms with Crippen LogP contribution in [0.2, 0.25) is 0 Å². The number of ether oxygens (including phenoxy) is 1. The first-order valence-electron chi connectivity index (χ1n) is 9.53. The van der Waals surface area contributed by atoms with E-state index < -0.39 is 5.91 Å². The molecule has 0 bridgehead atoms. The van der Waals surface area contributed by atoms with Crippen molar-refractivity contribution in [1.29, 1.82) is 5.26 Å². The maximum Gasteiger partial charge on any atom is 0.266 e. The Bertz CT molecular complexity index is 1140. The molecule has 0 unspecified atom stereocenters. The zero-order valence-electron chi connectivity index (χ0n) is 17.1. The highest BCUT2D eigenvalue weighted by atomic mass is 79.9. The molecule has 3 aromatic carbocycles. The Kier molecular flexibility index (Phi) is 7.67. The summed E-state index contributed by atoms with van der Waals surface area (Å²) in [7, 11) is 0. The minimum absolute atomic E-state index is 0.00713. The van der Waals surface area contributed by atoms with Gasteiger partial charge in [-0.3, -0.25) is 4.79 Å². The lowest BCUT2D eigenvalue weighted by Gasteiger charge is -2.12. The number of nitriles is 1. The summed E-state index contributed by atoms with van der Waals surface area (Å²) in [5.41, 5.74) is 4.69. The van der Waals surface area contributed by atoms with Gasteiger partial charge < -0.3 is 10.1 Å². The Morgan fingerprint density at radius 1 is 1.00 bits per heavy atom. The summed E-state index contributed by atoms with van der Waals surface area (Å²) < 4.78 is 7.40. The van der Waals surface area contributed by atoms with Crippen molar-refractivity contribution in [3.05, 3.63) is 97.4 Å². The van der Waals surface area contributed by atoms with Gasteiger partial charge in [-0.1, -0.05) is 47.5 Å². The van der Waals surface area contributed by atoms with Crippen LogP contribution in [0.1, 0.15) is 22.3 Å². The highest BCUT2D eigenvalue weighted by Gasteiger charge is 2.13. The van der Waals surface area contributed by atoms with Gasteiger partial charge in [0.25, 0.3) is 5.91 Å². The second-order valence-corrected chi connectivity index (χ2v) is 8.79. The van der Waals surface area contributed by atoms with E-state index in [4.69, 9.17) is 4.74 Å². The molecule has 0 spiro atoms. The van der Waals surface area contributed by atoms with Crippen molar-refractivity contribution in [2.24, 2.45) is 0 Å². The first-order chi connectivity index (χ1) is 14.9. The number of rotatable bonds is 6. The van der Waals surface area contributed by atoms with E-state index in [1.165, 1.54) is 5.56 Å². The lowest BCUT2D eigenvalue weighted by molar-refractivity contribution is -0.112. The minimum atomic E-state index is -0.460. The van der Waals surface area contributed by atoms with E-state index in [-0.39, 0.29) is 5.57 Å². The third kappa shape index (κ3) is 6.30. The van der Waals surface area contributed by atoms with E-state index in [0.29, 0.717) is 23.6 Å². The van der Waals surface area contributed by atoms with Gasteiger partial charge in [0.2, 0.25) is 0 Å². The number of anilines is 1. The average Bonchev–Trinajstić information content (AvgIpc) is 2.74. The van der Waals surface area contributed by atoms with Crippen LogP contribution in [0.3, 0.4) is 0 Å². The van der Waals surface area contributed by atoms with E-state index in [0.717, 1.165) is 20.1 Å². The molecule has 1 N–H and O–H groups in total. The number of amides is 1. The van der Waals surface area contributed by atoms with E-state index in [9.17, 15) is 10.1 Å². The van der Waals surface area contributed by atoms with Crippen molar-refractivity contribution in [3.8, 4) is 11.8 Å². The lowest BCUT2D eigenvalue weighted by Crippen LogP contribution is -2.13. The number of hydrogen-bond acceptors (Lipinski definition) is 3. The Balaban J connectivity index is 1.76. The number of benzene rings is 3. The molecular formula is C25H20Br2N2O2. The van der Waals surface area contributed by atoms with Gasteiger partial charge >= 0.3 is 0 Å². The SMILES string of the molecule is Cc1ccc(COc2c(Br)cc(/C=C(\C#N)C(=O)Nc3ccc(C)cc3)cc2Br)cc1. The molecule has 0 atom stereocenters. The maximum atomic E-state index is 12.5. The molecule has 0 aliphatic heterocycles. The summed E-state index contributed by atoms with van der Waals surface area (Å²) in [5, 5.41) is 12.2. The summed E-state index contributed by atoms with van der Waals surface area (Å²) in [6, 6.07) is 21.1. The maximum absolute atomic E-state index is 12.5. The predicted molar refractivity (Wildman–Crippen MR) is 131 cm³/mol. The quantitative estimate of drug-likeness (QED) is 0.272. The molecule has 0 saturated carbocycles. The monoisotopic (exact) mass is 538 g/mol. The molecule has 3 aromatic rings. The molecule has 156 valence electrons. The summed E-state index contributed by atoms with van der Waals surface area (Å²) in [5.74, 6) is 0.193. The van der Waals surface area contributed by atoms with E-state index >= 15 is 0 Å². The van der Waals surface area contributed by atoms with Crippen molar-refractivity contribution >= 4 is 49.5 Å². The van der Waals surface area contributed by atoms with Crippen LogP contribution in [0.5, 0.6) is 5.75 Å². The molecule has 31 heavy (non-hydrogen) atoms. The molecule has 6 heteroatoms. The van der Waals surface area contributed by atoms with Gasteiger partial charge in [0.15, 0.2) is 0 Å². The van der Waals surface area contributed by atoms with Crippen molar-refractivity contribution in [3.63, 3.8) is 0 Å². The Hall–Kier alpha value is -2.88. The van der Waals surface area contributed by atoms with Gasteiger partial charge in [0.05, 0.1) is 8.95 Å².